The molecule has 2 aromatic heterocycles. The summed E-state index contributed by atoms with van der Waals surface area (Å²) in [5.74, 6) is 0. The minimum absolute atomic E-state index is 0.0947. The molecule has 1 saturated carbocycles. The second-order valence-electron chi connectivity index (χ2n) is 14.6. The molecule has 274 valence electrons. The number of benzene rings is 2. The normalized spacial score (nSPS) is 18.1. The highest BCUT2D eigenvalue weighted by molar-refractivity contribution is 6.36. The molecule has 51 heavy (non-hydrogen) atoms. The fourth-order valence-corrected chi connectivity index (χ4v) is 7.96. The standard InChI is InChI=1S/C36H44ClN7O3.C2H6.C2H4/c1-21-13-28-26(18-40-44(28)29-9-7-8-12-46-29)31(32(21)37)30-22(2)43(41-33(30)23-10-11-27(39-6)24(14-23)17-38)25-15-36(16-25)19-42(20-36)34(45)47-35(3,4)5;2*1-2/h10-11,13-14,17-18,25,29,38-39H,7-9,12,15-16,19-20H2,1-6H3;1-2H3;1-2H2. The van der Waals surface area contributed by atoms with Gasteiger partial charge in [-0.15, -0.1) is 13.2 Å². The molecule has 7 rings (SSSR count). The van der Waals surface area contributed by atoms with Crippen molar-refractivity contribution in [3.8, 4) is 22.4 Å². The molecule has 0 bridgehead atoms. The van der Waals surface area contributed by atoms with Crippen LogP contribution >= 0.6 is 11.6 Å². The SMILES string of the molecule is C=C.CC.CNc1ccc(-c2nn(C3CC4(C3)CN(C(=O)OC(C)(C)C)C4)c(C)c2-c2c(Cl)c(C)cc3c2cnn3C2CCCCO2)cc1C=N. The zero-order valence-corrected chi connectivity index (χ0v) is 32.3. The summed E-state index contributed by atoms with van der Waals surface area (Å²) in [7, 11) is 1.86. The topological polar surface area (TPSA) is 110 Å². The highest BCUT2D eigenvalue weighted by atomic mass is 35.5. The van der Waals surface area contributed by atoms with E-state index in [1.54, 1.807) is 0 Å². The molecule has 4 aromatic rings. The summed E-state index contributed by atoms with van der Waals surface area (Å²) in [6, 6.07) is 8.38. The molecule has 1 spiro atoms. The molecule has 1 aliphatic carbocycles. The molecular formula is C40H54ClN7O3. The number of carbonyl (C=O) groups excluding carboxylic acids is 1. The number of aromatic nitrogens is 4. The van der Waals surface area contributed by atoms with Gasteiger partial charge in [-0.25, -0.2) is 9.48 Å². The van der Waals surface area contributed by atoms with E-state index in [0.29, 0.717) is 18.1 Å². The van der Waals surface area contributed by atoms with Crippen molar-refractivity contribution < 1.29 is 14.3 Å². The minimum Gasteiger partial charge on any atom is -0.444 e. The molecule has 1 atom stereocenters. The van der Waals surface area contributed by atoms with Gasteiger partial charge < -0.3 is 25.1 Å². The Hall–Kier alpha value is -4.15. The molecule has 1 unspecified atom stereocenters. The molecule has 2 aromatic carbocycles. The molecule has 0 radical (unpaired) electrons. The number of ether oxygens (including phenoxy) is 2. The van der Waals surface area contributed by atoms with E-state index in [1.165, 1.54) is 6.21 Å². The predicted molar refractivity (Wildman–Crippen MR) is 208 cm³/mol. The number of halogens is 1. The number of aryl methyl sites for hydroxylation is 1. The van der Waals surface area contributed by atoms with Crippen LogP contribution in [0.5, 0.6) is 0 Å². The zero-order valence-electron chi connectivity index (χ0n) is 31.5. The zero-order chi connectivity index (χ0) is 37.2. The third-order valence-electron chi connectivity index (χ3n) is 9.99. The lowest BCUT2D eigenvalue weighted by Gasteiger charge is -2.58. The van der Waals surface area contributed by atoms with Gasteiger partial charge in [0.25, 0.3) is 0 Å². The third kappa shape index (κ3) is 7.17. The first-order valence-corrected chi connectivity index (χ1v) is 18.5. The molecular weight excluding hydrogens is 662 g/mol. The van der Waals surface area contributed by atoms with Crippen LogP contribution in [0.15, 0.2) is 43.6 Å². The molecule has 3 fully saturated rings. The van der Waals surface area contributed by atoms with Gasteiger partial charge in [0.2, 0.25) is 0 Å². The minimum atomic E-state index is -0.508. The quantitative estimate of drug-likeness (QED) is 0.152. The van der Waals surface area contributed by atoms with E-state index in [-0.39, 0.29) is 23.8 Å². The molecule has 1 amide bonds. The Morgan fingerprint density at radius 3 is 2.43 bits per heavy atom. The number of rotatable bonds is 6. The number of amides is 1. The number of nitrogens with one attached hydrogen (secondary N) is 2. The first-order chi connectivity index (χ1) is 24.4. The van der Waals surface area contributed by atoms with Gasteiger partial charge in [-0.2, -0.15) is 10.2 Å². The maximum atomic E-state index is 12.6. The van der Waals surface area contributed by atoms with E-state index >= 15 is 0 Å². The molecule has 11 heteroatoms. The number of anilines is 1. The van der Waals surface area contributed by atoms with Gasteiger partial charge in [0.1, 0.15) is 11.3 Å². The number of nitrogens with zero attached hydrogens (tertiary/aromatic N) is 5. The molecule has 2 N–H and O–H groups in total. The third-order valence-corrected chi connectivity index (χ3v) is 10.5. The van der Waals surface area contributed by atoms with Crippen molar-refractivity contribution in [1.82, 2.24) is 24.5 Å². The summed E-state index contributed by atoms with van der Waals surface area (Å²) >= 11 is 7.24. The largest absolute Gasteiger partial charge is 0.444 e. The van der Waals surface area contributed by atoms with Crippen molar-refractivity contribution in [2.24, 2.45) is 5.41 Å². The monoisotopic (exact) mass is 715 g/mol. The molecule has 10 nitrogen and oxygen atoms in total. The summed E-state index contributed by atoms with van der Waals surface area (Å²) in [4.78, 5) is 14.5. The van der Waals surface area contributed by atoms with E-state index in [0.717, 1.165) is 94.5 Å². The van der Waals surface area contributed by atoms with Gasteiger partial charge >= 0.3 is 6.09 Å². The first kappa shape index (κ1) is 38.1. The van der Waals surface area contributed by atoms with Gasteiger partial charge in [-0.05, 0) is 90.5 Å². The number of hydrogen-bond donors (Lipinski definition) is 2. The number of hydrogen-bond acceptors (Lipinski definition) is 7. The second kappa shape index (κ2) is 15.2. The van der Waals surface area contributed by atoms with Crippen LogP contribution in [0, 0.1) is 24.7 Å². The Morgan fingerprint density at radius 2 is 1.82 bits per heavy atom. The Kier molecular flexibility index (Phi) is 11.4. The molecule has 2 saturated heterocycles. The van der Waals surface area contributed by atoms with Gasteiger partial charge in [0.15, 0.2) is 6.23 Å². The summed E-state index contributed by atoms with van der Waals surface area (Å²) in [5.41, 5.74) is 7.90. The lowest BCUT2D eigenvalue weighted by atomic mass is 9.61. The Balaban J connectivity index is 0.00000122. The summed E-state index contributed by atoms with van der Waals surface area (Å²) in [5, 5.41) is 23.1. The van der Waals surface area contributed by atoms with E-state index in [2.05, 4.69) is 42.2 Å². The van der Waals surface area contributed by atoms with Crippen molar-refractivity contribution in [3.05, 3.63) is 65.5 Å². The fraction of sp³-hybridized carbons (Fsp3) is 0.500. The second-order valence-corrected chi connectivity index (χ2v) is 15.0. The molecule has 2 aliphatic heterocycles. The van der Waals surface area contributed by atoms with Crippen molar-refractivity contribution in [2.75, 3.05) is 32.1 Å². The van der Waals surface area contributed by atoms with E-state index < -0.39 is 5.60 Å². The van der Waals surface area contributed by atoms with Crippen LogP contribution in [0.4, 0.5) is 10.5 Å². The highest BCUT2D eigenvalue weighted by Gasteiger charge is 2.55. The van der Waals surface area contributed by atoms with Crippen molar-refractivity contribution in [1.29, 1.82) is 5.41 Å². The Bertz CT molecular complexity index is 1890. The van der Waals surface area contributed by atoms with Crippen LogP contribution in [0.1, 0.15) is 95.8 Å². The van der Waals surface area contributed by atoms with Gasteiger partial charge in [0, 0.05) is 77.4 Å². The summed E-state index contributed by atoms with van der Waals surface area (Å²) in [6.07, 6.45) is 7.92. The number of fused-ring (bicyclic) bond motifs is 1. The van der Waals surface area contributed by atoms with Crippen molar-refractivity contribution in [2.45, 2.75) is 98.4 Å². The summed E-state index contributed by atoms with van der Waals surface area (Å²) < 4.78 is 15.9. The van der Waals surface area contributed by atoms with E-state index in [9.17, 15) is 4.79 Å². The van der Waals surface area contributed by atoms with Crippen LogP contribution < -0.4 is 5.32 Å². The summed E-state index contributed by atoms with van der Waals surface area (Å²) in [6.45, 7) is 22.0. The Morgan fingerprint density at radius 1 is 1.12 bits per heavy atom. The highest BCUT2D eigenvalue weighted by Crippen LogP contribution is 2.56. The first-order valence-electron chi connectivity index (χ1n) is 18.1. The maximum Gasteiger partial charge on any atom is 0.410 e. The van der Waals surface area contributed by atoms with Gasteiger partial charge in [-0.1, -0.05) is 31.5 Å². The van der Waals surface area contributed by atoms with Gasteiger partial charge in [0.05, 0.1) is 22.8 Å². The predicted octanol–water partition coefficient (Wildman–Crippen LogP) is 9.98. The van der Waals surface area contributed by atoms with Crippen molar-refractivity contribution in [3.63, 3.8) is 0 Å². The van der Waals surface area contributed by atoms with Crippen LogP contribution in [-0.2, 0) is 9.47 Å². The lowest BCUT2D eigenvalue weighted by Crippen LogP contribution is -2.64. The van der Waals surface area contributed by atoms with Gasteiger partial charge in [-0.3, -0.25) is 4.68 Å². The maximum absolute atomic E-state index is 12.6. The molecule has 4 heterocycles. The Labute approximate surface area is 307 Å². The fourth-order valence-electron chi connectivity index (χ4n) is 7.71. The smallest absolute Gasteiger partial charge is 0.410 e. The average Bonchev–Trinajstić information content (AvgIpc) is 3.66. The van der Waals surface area contributed by atoms with E-state index in [1.807, 2.05) is 76.5 Å². The average molecular weight is 716 g/mol. The number of likely N-dealkylation sites (tertiary alicyclic amines) is 1. The molecule has 3 aliphatic rings. The van der Waals surface area contributed by atoms with Crippen LogP contribution in [-0.4, -0.2) is 69.1 Å². The van der Waals surface area contributed by atoms with Crippen LogP contribution in [0.2, 0.25) is 5.02 Å². The number of carbonyl (C=O) groups is 1. The van der Waals surface area contributed by atoms with Crippen LogP contribution in [0.3, 0.4) is 0 Å². The van der Waals surface area contributed by atoms with Crippen molar-refractivity contribution >= 4 is 40.5 Å². The lowest BCUT2D eigenvalue weighted by molar-refractivity contribution is -0.0930. The van der Waals surface area contributed by atoms with E-state index in [4.69, 9.17) is 36.7 Å². The van der Waals surface area contributed by atoms with Crippen LogP contribution in [0.25, 0.3) is 33.3 Å².